The summed E-state index contributed by atoms with van der Waals surface area (Å²) in [6, 6.07) is 7.54. The van der Waals surface area contributed by atoms with Crippen LogP contribution in [0.5, 0.6) is 0 Å². The first kappa shape index (κ1) is 95.8. The predicted octanol–water partition coefficient (Wildman–Crippen LogP) is 9.22. The number of halogens is 4. The van der Waals surface area contributed by atoms with E-state index in [4.69, 9.17) is 101 Å². The van der Waals surface area contributed by atoms with Crippen molar-refractivity contribution in [2.75, 3.05) is 28.3 Å². The van der Waals surface area contributed by atoms with Crippen LogP contribution in [0.1, 0.15) is 195 Å². The van der Waals surface area contributed by atoms with Crippen molar-refractivity contribution in [1.29, 1.82) is 0 Å². The molecule has 9 rings (SSSR count). The molecule has 30 heteroatoms. The molecular weight excluding hydrogens is 1560 g/mol. The summed E-state index contributed by atoms with van der Waals surface area (Å²) in [6.45, 7) is 37.2. The lowest BCUT2D eigenvalue weighted by Crippen LogP contribution is -2.60. The average Bonchev–Trinajstić information content (AvgIpc) is 1.61. The van der Waals surface area contributed by atoms with Crippen LogP contribution >= 0.6 is 50.7 Å². The molecule has 4 bridgehead atoms. The largest absolute Gasteiger partial charge is 0.459 e. The maximum atomic E-state index is 14.4. The lowest BCUT2D eigenvalue weighted by Gasteiger charge is -2.48. The summed E-state index contributed by atoms with van der Waals surface area (Å²) >= 11 is 17.9. The number of carbonyl (C=O) groups excluding carboxylic acids is 2. The Balaban J connectivity index is 0.000000295. The van der Waals surface area contributed by atoms with Crippen LogP contribution in [-0.2, 0) is 82.4 Å². The Bertz CT molecular complexity index is 3050. The number of cyclic esters (lactones) is 2. The molecule has 638 valence electrons. The summed E-state index contributed by atoms with van der Waals surface area (Å²) < 4.78 is 90.8. The number of carbonyl (C=O) groups is 2. The smallest absolute Gasteiger partial charge is 0.311 e. The van der Waals surface area contributed by atoms with E-state index >= 15 is 0 Å². The summed E-state index contributed by atoms with van der Waals surface area (Å²) in [5, 5.41) is 94.2. The molecule has 8 saturated heterocycles. The minimum absolute atomic E-state index is 0.0575. The fourth-order valence-electron chi connectivity index (χ4n) is 19.1. The molecule has 0 saturated carbocycles. The number of methoxy groups -OCH3 is 2. The van der Waals surface area contributed by atoms with Crippen molar-refractivity contribution in [3.63, 3.8) is 0 Å². The molecule has 0 amide bonds. The summed E-state index contributed by atoms with van der Waals surface area (Å²) in [5.74, 6) is -5.45. The van der Waals surface area contributed by atoms with E-state index in [9.17, 15) is 50.4 Å². The van der Waals surface area contributed by atoms with Gasteiger partial charge in [0, 0.05) is 73.8 Å². The lowest BCUT2D eigenvalue weighted by molar-refractivity contribution is -0.318. The van der Waals surface area contributed by atoms with Crippen molar-refractivity contribution >= 4 is 62.7 Å². The van der Waals surface area contributed by atoms with Gasteiger partial charge in [0.1, 0.15) is 47.8 Å². The molecule has 110 heavy (non-hydrogen) atoms. The first-order valence-electron chi connectivity index (χ1n) is 39.7. The number of hydrogen-bond donors (Lipinski definition) is 9. The van der Waals surface area contributed by atoms with Crippen LogP contribution in [0.3, 0.4) is 0 Å². The van der Waals surface area contributed by atoms with E-state index in [1.54, 1.807) is 62.4 Å². The van der Waals surface area contributed by atoms with Gasteiger partial charge in [-0.15, -0.1) is 0 Å². The van der Waals surface area contributed by atoms with Crippen molar-refractivity contribution in [2.24, 2.45) is 47.3 Å². The standard InChI is InChI=1S/C43H70BrNO12.C36H65NO12.CHCl3/c1-13-31(46)43(10,50)38-24(4)34-22(2)19-42(9,57-34)37(56-40-33(47)30(18-23(3)52-40)45(11)21-28-14-16-29(44)17-15-28)25(5)35(26(6)39(49)55-38)54-32-20-41(8,51-12)36(48)27(7)53-32;1-13-24(38)36(10,42)31-19(4)27-17(2)15-35(9,49-27)30(48-33-26(39)23(37-11)14-18(3)44-33)20(5)28(21(6)32(41)47-31)46-25-16-34(8,43-12)29(40)22(7)45-25;2-1(3)4/h14-17,22-27,30-38,40,46-48,50H,13,18-21H2,1-12H3;17-31,33,37-40,42H,13-16H2,1-12H3;1H/t22?,23?,24-,25-,26+,27?,30?,31+,32-,33?,34?,35-,36-,37+,38+,40-,41?,42-,43+;17?,18?,19-,20-,21+,22?,23?,24+,25-,26?,27?,28-,29-,30+,31+,33-,34?,35-,36+;/m00./s1. The summed E-state index contributed by atoms with van der Waals surface area (Å²) in [4.78, 5) is 30.8. The molecule has 0 radical (unpaired) electrons. The number of esters is 2. The third-order valence-electron chi connectivity index (χ3n) is 25.7. The van der Waals surface area contributed by atoms with E-state index in [0.29, 0.717) is 32.2 Å². The molecule has 26 nitrogen and oxygen atoms in total. The van der Waals surface area contributed by atoms with Crippen LogP contribution in [0.25, 0.3) is 0 Å². The first-order chi connectivity index (χ1) is 51.0. The van der Waals surface area contributed by atoms with Gasteiger partial charge in [-0.1, -0.05) is 118 Å². The molecule has 1 aromatic carbocycles. The second-order valence-electron chi connectivity index (χ2n) is 34.7. The molecule has 9 N–H and O–H groups in total. The number of aliphatic hydroxyl groups is 8. The highest BCUT2D eigenvalue weighted by Gasteiger charge is 2.62. The van der Waals surface area contributed by atoms with Crippen molar-refractivity contribution in [3.05, 3.63) is 34.3 Å². The number of rotatable bonds is 20. The fraction of sp³-hybridized carbons (Fsp3) is 0.900. The quantitative estimate of drug-likeness (QED) is 0.0433. The fourth-order valence-corrected chi connectivity index (χ4v) is 19.4. The average molecular weight is 1700 g/mol. The van der Waals surface area contributed by atoms with Crippen LogP contribution in [0.2, 0.25) is 0 Å². The summed E-state index contributed by atoms with van der Waals surface area (Å²) in [7, 11) is 6.84. The molecule has 14 unspecified atom stereocenters. The summed E-state index contributed by atoms with van der Waals surface area (Å²) in [6.07, 6.45) is -15.2. The molecule has 8 aliphatic rings. The zero-order chi connectivity index (χ0) is 82.7. The van der Waals surface area contributed by atoms with Gasteiger partial charge in [0.05, 0.1) is 107 Å². The monoisotopic (exact) mass is 1690 g/mol. The maximum absolute atomic E-state index is 14.4. The Morgan fingerprint density at radius 2 is 0.964 bits per heavy atom. The number of likely N-dealkylation sites (N-methyl/N-ethyl adjacent to an activating group) is 2. The van der Waals surface area contributed by atoms with Gasteiger partial charge in [-0.25, -0.2) is 0 Å². The number of nitrogens with one attached hydrogen (secondary N) is 1. The molecule has 1 aromatic rings. The van der Waals surface area contributed by atoms with Crippen molar-refractivity contribution < 1.29 is 117 Å². The van der Waals surface area contributed by atoms with Crippen LogP contribution in [0.15, 0.2) is 28.7 Å². The molecule has 0 aromatic heterocycles. The Labute approximate surface area is 677 Å². The van der Waals surface area contributed by atoms with Gasteiger partial charge in [-0.2, -0.15) is 0 Å². The first-order valence-corrected chi connectivity index (χ1v) is 41.8. The van der Waals surface area contributed by atoms with Crippen molar-refractivity contribution in [3.8, 4) is 0 Å². The van der Waals surface area contributed by atoms with Crippen LogP contribution in [0.4, 0.5) is 0 Å². The third-order valence-corrected chi connectivity index (χ3v) is 26.3. The van der Waals surface area contributed by atoms with Crippen molar-refractivity contribution in [2.45, 2.75) is 381 Å². The Morgan fingerprint density at radius 1 is 0.591 bits per heavy atom. The highest BCUT2D eigenvalue weighted by atomic mass is 79.9. The van der Waals surface area contributed by atoms with Crippen LogP contribution < -0.4 is 5.32 Å². The molecule has 8 aliphatic heterocycles. The number of hydrogen-bond acceptors (Lipinski definition) is 26. The number of fused-ring (bicyclic) bond motifs is 4. The van der Waals surface area contributed by atoms with Gasteiger partial charge in [0.2, 0.25) is 0 Å². The van der Waals surface area contributed by atoms with Gasteiger partial charge in [0.15, 0.2) is 29.5 Å². The van der Waals surface area contributed by atoms with Crippen LogP contribution in [-0.4, -0.2) is 271 Å². The zero-order valence-electron chi connectivity index (χ0n) is 69.3. The highest BCUT2D eigenvalue weighted by molar-refractivity contribution is 9.10. The van der Waals surface area contributed by atoms with Gasteiger partial charge >= 0.3 is 11.9 Å². The molecule has 8 heterocycles. The van der Waals surface area contributed by atoms with E-state index in [-0.39, 0.29) is 61.8 Å². The molecule has 8 fully saturated rings. The Kier molecular flexibility index (Phi) is 34.1. The second-order valence-corrected chi connectivity index (χ2v) is 37.6. The number of benzene rings is 1. The third kappa shape index (κ3) is 21.6. The van der Waals surface area contributed by atoms with E-state index in [2.05, 4.69) is 52.1 Å². The molecule has 38 atom stereocenters. The minimum atomic E-state index is -1.80. The molecule has 0 aliphatic carbocycles. The van der Waals surface area contributed by atoms with Gasteiger partial charge in [0.25, 0.3) is 0 Å². The second kappa shape index (κ2) is 39.2. The van der Waals surface area contributed by atoms with Gasteiger partial charge < -0.3 is 112 Å². The van der Waals surface area contributed by atoms with E-state index < -0.39 is 208 Å². The number of alkyl halides is 3. The SMILES string of the molecule is CC[C@@H](O)[C@@](C)(O)[C@@H]1OC(=O)[C@H](C)[C@@H](O[C@H]2CC(C)(OC)[C@@H](O)C(C)O2)[C@H](C)[C@@H](O[C@@H]2OC(C)CC(N(C)Cc3ccc(Br)cc3)C2O)[C@]2(C)CC(C)C(O2)[C@@H]1C.CC[C@@H](O)[C@@](C)(O)[C@@H]1OC(=O)[C@H](C)[C@@H](O[C@H]2CC(C)(OC)[C@@H](O)C(C)O2)[C@H](C)[C@@H](O[C@@H]2OC(C)CC(NC)C2O)[C@]2(C)CC(C)C(O2)[C@@H]1C.ClC(Cl)Cl. The van der Waals surface area contributed by atoms with E-state index in [0.717, 1.165) is 10.0 Å². The highest BCUT2D eigenvalue weighted by Crippen LogP contribution is 2.52. The van der Waals surface area contributed by atoms with Crippen molar-refractivity contribution in [1.82, 2.24) is 10.2 Å². The normalized spacial score (nSPS) is 45.9. The Hall–Kier alpha value is -1.37. The Morgan fingerprint density at radius 3 is 1.33 bits per heavy atom. The number of aliphatic hydroxyl groups excluding tert-OH is 6. The van der Waals surface area contributed by atoms with E-state index in [1.807, 2.05) is 74.6 Å². The number of nitrogens with zero attached hydrogens (tertiary/aromatic N) is 1. The van der Waals surface area contributed by atoms with Crippen LogP contribution in [0, 0.1) is 47.3 Å². The minimum Gasteiger partial charge on any atom is -0.459 e. The topological polar surface area (TPSA) is 340 Å². The van der Waals surface area contributed by atoms with Gasteiger partial charge in [-0.3, -0.25) is 14.5 Å². The number of ether oxygens (including phenoxy) is 14. The summed E-state index contributed by atoms with van der Waals surface area (Å²) in [5.41, 5.74) is -6.41. The molecule has 0 spiro atoms. The lowest BCUT2D eigenvalue weighted by atomic mass is 9.76. The predicted molar refractivity (Wildman–Crippen MR) is 416 cm³/mol. The van der Waals surface area contributed by atoms with E-state index in [1.165, 1.54) is 28.1 Å². The van der Waals surface area contributed by atoms with Gasteiger partial charge in [-0.05, 0) is 165 Å². The molecular formula is C80H136BrCl3N2O24. The zero-order valence-corrected chi connectivity index (χ0v) is 73.1. The maximum Gasteiger partial charge on any atom is 0.311 e.